The summed E-state index contributed by atoms with van der Waals surface area (Å²) in [6.45, 7) is 5.15. The molecular formula is C17H16ClFN2O4. The van der Waals surface area contributed by atoms with E-state index in [0.29, 0.717) is 0 Å². The number of benzene rings is 1. The van der Waals surface area contributed by atoms with Gasteiger partial charge in [0.2, 0.25) is 0 Å². The molecule has 0 aliphatic rings. The number of rotatable bonds is 3. The van der Waals surface area contributed by atoms with E-state index in [1.165, 1.54) is 12.1 Å². The van der Waals surface area contributed by atoms with E-state index < -0.39 is 23.5 Å². The molecule has 1 aromatic heterocycles. The van der Waals surface area contributed by atoms with Crippen LogP contribution in [0, 0.1) is 5.82 Å². The van der Waals surface area contributed by atoms with Crippen molar-refractivity contribution >= 4 is 29.5 Å². The number of ether oxygens (including phenoxy) is 1. The van der Waals surface area contributed by atoms with Gasteiger partial charge in [0.1, 0.15) is 17.2 Å². The quantitative estimate of drug-likeness (QED) is 0.829. The minimum absolute atomic E-state index is 0.0466. The molecule has 25 heavy (non-hydrogen) atoms. The van der Waals surface area contributed by atoms with Gasteiger partial charge < -0.3 is 9.84 Å². The SMILES string of the molecule is CC(C)(C)OC(=O)Nc1cccc(-c2cc(C(=O)O)c(Cl)cc2F)n1. The Morgan fingerprint density at radius 2 is 1.96 bits per heavy atom. The molecule has 0 saturated carbocycles. The fourth-order valence-corrected chi connectivity index (χ4v) is 2.20. The van der Waals surface area contributed by atoms with E-state index in [4.69, 9.17) is 21.4 Å². The average molecular weight is 367 g/mol. The van der Waals surface area contributed by atoms with Crippen molar-refractivity contribution in [2.24, 2.45) is 0 Å². The zero-order valence-electron chi connectivity index (χ0n) is 13.8. The fraction of sp³-hybridized carbons (Fsp3) is 0.235. The zero-order valence-corrected chi connectivity index (χ0v) is 14.5. The van der Waals surface area contributed by atoms with Crippen LogP contribution in [-0.2, 0) is 4.74 Å². The van der Waals surface area contributed by atoms with Gasteiger partial charge in [-0.05, 0) is 45.0 Å². The summed E-state index contributed by atoms with van der Waals surface area (Å²) in [5, 5.41) is 11.3. The molecule has 0 radical (unpaired) electrons. The van der Waals surface area contributed by atoms with Gasteiger partial charge in [-0.25, -0.2) is 19.0 Å². The number of nitrogens with one attached hydrogen (secondary N) is 1. The van der Waals surface area contributed by atoms with Crippen molar-refractivity contribution < 1.29 is 23.8 Å². The third kappa shape index (κ3) is 4.90. The van der Waals surface area contributed by atoms with E-state index in [1.54, 1.807) is 26.8 Å². The van der Waals surface area contributed by atoms with Crippen LogP contribution in [0.5, 0.6) is 0 Å². The molecule has 0 aliphatic carbocycles. The van der Waals surface area contributed by atoms with Crippen molar-refractivity contribution in [2.45, 2.75) is 26.4 Å². The summed E-state index contributed by atoms with van der Waals surface area (Å²) < 4.78 is 19.3. The molecule has 0 spiro atoms. The summed E-state index contributed by atoms with van der Waals surface area (Å²) in [5.74, 6) is -1.87. The second kappa shape index (κ2) is 7.06. The van der Waals surface area contributed by atoms with Crippen molar-refractivity contribution in [3.05, 3.63) is 46.7 Å². The number of pyridine rings is 1. The molecule has 8 heteroatoms. The normalized spacial score (nSPS) is 11.1. The Morgan fingerprint density at radius 3 is 2.56 bits per heavy atom. The highest BCUT2D eigenvalue weighted by Crippen LogP contribution is 2.28. The topological polar surface area (TPSA) is 88.5 Å². The molecule has 1 amide bonds. The highest BCUT2D eigenvalue weighted by Gasteiger charge is 2.18. The predicted octanol–water partition coefficient (Wildman–Crippen LogP) is 4.59. The molecule has 1 heterocycles. The average Bonchev–Trinajstić information content (AvgIpc) is 2.44. The summed E-state index contributed by atoms with van der Waals surface area (Å²) in [6, 6.07) is 6.54. The summed E-state index contributed by atoms with van der Waals surface area (Å²) >= 11 is 5.73. The molecule has 6 nitrogen and oxygen atoms in total. The van der Waals surface area contributed by atoms with Crippen LogP contribution in [0.2, 0.25) is 5.02 Å². The Bertz CT molecular complexity index is 834. The fourth-order valence-electron chi connectivity index (χ4n) is 1.97. The largest absolute Gasteiger partial charge is 0.478 e. The standard InChI is InChI=1S/C17H16ClFN2O4/c1-17(2,3)25-16(24)21-14-6-4-5-13(20-14)10-7-9(15(22)23)11(18)8-12(10)19/h4-8H,1-3H3,(H,22,23)(H,20,21,24). The first-order valence-electron chi connectivity index (χ1n) is 7.26. The van der Waals surface area contributed by atoms with Crippen LogP contribution in [0.4, 0.5) is 15.0 Å². The molecule has 0 atom stereocenters. The summed E-state index contributed by atoms with van der Waals surface area (Å²) in [7, 11) is 0. The van der Waals surface area contributed by atoms with E-state index >= 15 is 0 Å². The van der Waals surface area contributed by atoms with E-state index in [9.17, 15) is 14.0 Å². The third-order valence-corrected chi connectivity index (χ3v) is 3.25. The first kappa shape index (κ1) is 18.7. The first-order chi connectivity index (χ1) is 11.6. The number of carboxylic acid groups (broad SMARTS) is 1. The van der Waals surface area contributed by atoms with Crippen molar-refractivity contribution in [2.75, 3.05) is 5.32 Å². The second-order valence-corrected chi connectivity index (χ2v) is 6.56. The highest BCUT2D eigenvalue weighted by atomic mass is 35.5. The van der Waals surface area contributed by atoms with Crippen molar-refractivity contribution in [1.82, 2.24) is 4.98 Å². The number of nitrogens with zero attached hydrogens (tertiary/aromatic N) is 1. The lowest BCUT2D eigenvalue weighted by molar-refractivity contribution is 0.0633. The Morgan fingerprint density at radius 1 is 1.28 bits per heavy atom. The lowest BCUT2D eigenvalue weighted by Crippen LogP contribution is -2.27. The molecule has 0 aliphatic heterocycles. The van der Waals surface area contributed by atoms with Crippen molar-refractivity contribution in [3.8, 4) is 11.3 Å². The maximum Gasteiger partial charge on any atom is 0.413 e. The molecule has 0 bridgehead atoms. The van der Waals surface area contributed by atoms with Gasteiger partial charge >= 0.3 is 12.1 Å². The van der Waals surface area contributed by atoms with Crippen LogP contribution in [0.3, 0.4) is 0 Å². The van der Waals surface area contributed by atoms with Gasteiger partial charge in [-0.1, -0.05) is 17.7 Å². The minimum atomic E-state index is -1.28. The molecule has 2 N–H and O–H groups in total. The maximum atomic E-state index is 14.2. The number of anilines is 1. The number of hydrogen-bond donors (Lipinski definition) is 2. The molecule has 0 saturated heterocycles. The Kier molecular flexibility index (Phi) is 5.27. The summed E-state index contributed by atoms with van der Waals surface area (Å²) in [5.41, 5.74) is -0.828. The minimum Gasteiger partial charge on any atom is -0.478 e. The molecule has 2 rings (SSSR count). The summed E-state index contributed by atoms with van der Waals surface area (Å²) in [6.07, 6.45) is -0.708. The van der Waals surface area contributed by atoms with Crippen LogP contribution in [0.25, 0.3) is 11.3 Å². The highest BCUT2D eigenvalue weighted by molar-refractivity contribution is 6.33. The maximum absolute atomic E-state index is 14.2. The number of halogens is 2. The molecule has 1 aromatic carbocycles. The van der Waals surface area contributed by atoms with Crippen LogP contribution < -0.4 is 5.32 Å². The van der Waals surface area contributed by atoms with E-state index in [2.05, 4.69) is 10.3 Å². The van der Waals surface area contributed by atoms with Gasteiger partial charge in [0, 0.05) is 5.56 Å². The van der Waals surface area contributed by atoms with Gasteiger partial charge in [0.05, 0.1) is 16.3 Å². The van der Waals surface area contributed by atoms with E-state index in [-0.39, 0.29) is 27.7 Å². The van der Waals surface area contributed by atoms with Crippen LogP contribution in [0.1, 0.15) is 31.1 Å². The number of aromatic nitrogens is 1. The Hall–Kier alpha value is -2.67. The molecule has 0 unspecified atom stereocenters. The van der Waals surface area contributed by atoms with Crippen LogP contribution >= 0.6 is 11.6 Å². The summed E-state index contributed by atoms with van der Waals surface area (Å²) in [4.78, 5) is 27.1. The number of carboxylic acids is 1. The van der Waals surface area contributed by atoms with Crippen molar-refractivity contribution in [3.63, 3.8) is 0 Å². The van der Waals surface area contributed by atoms with Gasteiger partial charge in [0.25, 0.3) is 0 Å². The number of amides is 1. The van der Waals surface area contributed by atoms with Gasteiger partial charge in [0.15, 0.2) is 0 Å². The number of carbonyl (C=O) groups is 2. The number of hydrogen-bond acceptors (Lipinski definition) is 4. The number of carbonyl (C=O) groups excluding carboxylic acids is 1. The van der Waals surface area contributed by atoms with Crippen molar-refractivity contribution in [1.29, 1.82) is 0 Å². The Labute approximate surface area is 148 Å². The predicted molar refractivity (Wildman–Crippen MR) is 91.5 cm³/mol. The monoisotopic (exact) mass is 366 g/mol. The smallest absolute Gasteiger partial charge is 0.413 e. The van der Waals surface area contributed by atoms with Gasteiger partial charge in [-0.15, -0.1) is 0 Å². The van der Waals surface area contributed by atoms with Gasteiger partial charge in [-0.2, -0.15) is 0 Å². The van der Waals surface area contributed by atoms with E-state index in [1.807, 2.05) is 0 Å². The lowest BCUT2D eigenvalue weighted by atomic mass is 10.1. The molecule has 132 valence electrons. The second-order valence-electron chi connectivity index (χ2n) is 6.15. The van der Waals surface area contributed by atoms with Crippen LogP contribution in [-0.4, -0.2) is 27.8 Å². The van der Waals surface area contributed by atoms with Gasteiger partial charge in [-0.3, -0.25) is 5.32 Å². The molecular weight excluding hydrogens is 351 g/mol. The Balaban J connectivity index is 2.35. The molecule has 0 fully saturated rings. The van der Waals surface area contributed by atoms with Crippen LogP contribution in [0.15, 0.2) is 30.3 Å². The first-order valence-corrected chi connectivity index (χ1v) is 7.64. The van der Waals surface area contributed by atoms with E-state index in [0.717, 1.165) is 12.1 Å². The third-order valence-electron chi connectivity index (χ3n) is 2.94. The molecule has 2 aromatic rings. The number of aromatic carboxylic acids is 1. The lowest BCUT2D eigenvalue weighted by Gasteiger charge is -2.19. The zero-order chi connectivity index (χ0) is 18.8.